The van der Waals surface area contributed by atoms with E-state index < -0.39 is 0 Å². The van der Waals surface area contributed by atoms with Crippen molar-refractivity contribution < 1.29 is 0 Å². The van der Waals surface area contributed by atoms with Gasteiger partial charge in [0.25, 0.3) is 0 Å². The molecule has 0 radical (unpaired) electrons. The van der Waals surface area contributed by atoms with E-state index in [9.17, 15) is 0 Å². The van der Waals surface area contributed by atoms with Crippen LogP contribution in [0.3, 0.4) is 0 Å². The number of benzene rings is 2. The molecule has 0 saturated heterocycles. The van der Waals surface area contributed by atoms with Gasteiger partial charge in [-0.2, -0.15) is 0 Å². The fourth-order valence-corrected chi connectivity index (χ4v) is 3.96. The summed E-state index contributed by atoms with van der Waals surface area (Å²) >= 11 is 5.09. The molecule has 4 rings (SSSR count). The highest BCUT2D eigenvalue weighted by atomic mass is 79.9. The van der Waals surface area contributed by atoms with Crippen LogP contribution in [0.4, 0.5) is 5.13 Å². The van der Waals surface area contributed by atoms with E-state index in [1.807, 2.05) is 12.1 Å². The normalized spacial score (nSPS) is 11.2. The molecular weight excluding hydrogens is 410 g/mol. The number of anilines is 1. The number of nitrogens with zero attached hydrogens (tertiary/aromatic N) is 4. The smallest absolute Gasteiger partial charge is 0.205 e. The van der Waals surface area contributed by atoms with Crippen LogP contribution in [0.25, 0.3) is 11.0 Å². The minimum Gasteiger partial charge on any atom is -0.360 e. The van der Waals surface area contributed by atoms with E-state index in [1.165, 1.54) is 5.56 Å². The van der Waals surface area contributed by atoms with Crippen LogP contribution in [0.15, 0.2) is 53.0 Å². The van der Waals surface area contributed by atoms with E-state index in [0.29, 0.717) is 6.54 Å². The zero-order chi connectivity index (χ0) is 17.9. The molecule has 4 aromatic rings. The third-order valence-corrected chi connectivity index (χ3v) is 5.49. The Hall–Kier alpha value is -2.25. The Morgan fingerprint density at radius 2 is 1.88 bits per heavy atom. The summed E-state index contributed by atoms with van der Waals surface area (Å²) in [5, 5.41) is 13.6. The highest BCUT2D eigenvalue weighted by Crippen LogP contribution is 2.23. The molecule has 0 saturated carbocycles. The molecule has 0 aliphatic carbocycles. The molecule has 2 aromatic carbocycles. The molecule has 0 amide bonds. The summed E-state index contributed by atoms with van der Waals surface area (Å²) in [6, 6.07) is 16.6. The third kappa shape index (κ3) is 3.64. The maximum Gasteiger partial charge on any atom is 0.205 e. The summed E-state index contributed by atoms with van der Waals surface area (Å²) in [4.78, 5) is 4.86. The minimum atomic E-state index is 0.676. The van der Waals surface area contributed by atoms with Crippen LogP contribution < -0.4 is 5.32 Å². The average molecular weight is 428 g/mol. The molecular formula is C19H18BrN5S. The van der Waals surface area contributed by atoms with Gasteiger partial charge in [0, 0.05) is 17.4 Å². The number of hydrogen-bond acceptors (Lipinski definition) is 5. The topological polar surface area (TPSA) is 55.6 Å². The van der Waals surface area contributed by atoms with Gasteiger partial charge in [-0.1, -0.05) is 51.5 Å². The van der Waals surface area contributed by atoms with E-state index in [0.717, 1.165) is 44.4 Å². The largest absolute Gasteiger partial charge is 0.360 e. The molecule has 132 valence electrons. The molecule has 0 fully saturated rings. The molecule has 2 aromatic heterocycles. The zero-order valence-electron chi connectivity index (χ0n) is 14.3. The monoisotopic (exact) mass is 427 g/mol. The predicted octanol–water partition coefficient (Wildman–Crippen LogP) is 4.72. The number of nitrogens with one attached hydrogen (secondary N) is 1. The van der Waals surface area contributed by atoms with Crippen LogP contribution >= 0.6 is 27.3 Å². The summed E-state index contributed by atoms with van der Waals surface area (Å²) in [5.41, 5.74) is 3.37. The Bertz CT molecular complexity index is 1020. The zero-order valence-corrected chi connectivity index (χ0v) is 16.7. The lowest BCUT2D eigenvalue weighted by Crippen LogP contribution is -2.06. The first-order valence-corrected chi connectivity index (χ1v) is 10.1. The van der Waals surface area contributed by atoms with E-state index >= 15 is 0 Å². The van der Waals surface area contributed by atoms with Crippen molar-refractivity contribution in [1.82, 2.24) is 19.7 Å². The second kappa shape index (κ2) is 7.55. The molecule has 0 unspecified atom stereocenters. The van der Waals surface area contributed by atoms with Crippen LogP contribution in [0.1, 0.15) is 23.3 Å². The van der Waals surface area contributed by atoms with Gasteiger partial charge in [0.1, 0.15) is 10.8 Å². The van der Waals surface area contributed by atoms with Gasteiger partial charge in [-0.3, -0.25) is 0 Å². The van der Waals surface area contributed by atoms with Crippen molar-refractivity contribution in [1.29, 1.82) is 0 Å². The fourth-order valence-electron chi connectivity index (χ4n) is 2.90. The lowest BCUT2D eigenvalue weighted by Gasteiger charge is -2.07. The summed E-state index contributed by atoms with van der Waals surface area (Å²) < 4.78 is 3.33. The maximum atomic E-state index is 4.86. The Morgan fingerprint density at radius 3 is 2.69 bits per heavy atom. The SMILES string of the molecule is CCNc1nnc(Cn2c(Cc3ccc(Br)cc3)nc3ccccc32)s1. The van der Waals surface area contributed by atoms with Crippen LogP contribution in [0.2, 0.25) is 0 Å². The number of rotatable bonds is 6. The minimum absolute atomic E-state index is 0.676. The number of halogens is 1. The lowest BCUT2D eigenvalue weighted by atomic mass is 10.1. The molecule has 26 heavy (non-hydrogen) atoms. The summed E-state index contributed by atoms with van der Waals surface area (Å²) in [7, 11) is 0. The van der Waals surface area contributed by atoms with Gasteiger partial charge >= 0.3 is 0 Å². The molecule has 2 heterocycles. The van der Waals surface area contributed by atoms with Crippen molar-refractivity contribution in [2.24, 2.45) is 0 Å². The summed E-state index contributed by atoms with van der Waals surface area (Å²) in [5.74, 6) is 1.04. The van der Waals surface area contributed by atoms with Gasteiger partial charge in [0.2, 0.25) is 5.13 Å². The Morgan fingerprint density at radius 1 is 1.08 bits per heavy atom. The van der Waals surface area contributed by atoms with Gasteiger partial charge in [-0.05, 0) is 36.8 Å². The molecule has 0 spiro atoms. The van der Waals surface area contributed by atoms with E-state index in [4.69, 9.17) is 4.98 Å². The number of hydrogen-bond donors (Lipinski definition) is 1. The highest BCUT2D eigenvalue weighted by Gasteiger charge is 2.14. The summed E-state index contributed by atoms with van der Waals surface area (Å²) in [6.45, 7) is 3.58. The molecule has 0 aliphatic rings. The van der Waals surface area contributed by atoms with Crippen molar-refractivity contribution in [3.8, 4) is 0 Å². The van der Waals surface area contributed by atoms with E-state index in [1.54, 1.807) is 11.3 Å². The first-order chi connectivity index (χ1) is 12.7. The van der Waals surface area contributed by atoms with Crippen LogP contribution in [-0.2, 0) is 13.0 Å². The van der Waals surface area contributed by atoms with Gasteiger partial charge in [-0.25, -0.2) is 4.98 Å². The number of imidazole rings is 1. The van der Waals surface area contributed by atoms with Crippen molar-refractivity contribution in [2.45, 2.75) is 19.9 Å². The molecule has 0 atom stereocenters. The molecule has 7 heteroatoms. The summed E-state index contributed by atoms with van der Waals surface area (Å²) in [6.07, 6.45) is 0.779. The molecule has 5 nitrogen and oxygen atoms in total. The number of aromatic nitrogens is 4. The van der Waals surface area contributed by atoms with Crippen molar-refractivity contribution in [3.05, 3.63) is 69.4 Å². The fraction of sp³-hybridized carbons (Fsp3) is 0.211. The van der Waals surface area contributed by atoms with Gasteiger partial charge in [0.15, 0.2) is 0 Å². The van der Waals surface area contributed by atoms with Crippen LogP contribution in [0, 0.1) is 0 Å². The predicted molar refractivity (Wildman–Crippen MR) is 110 cm³/mol. The Kier molecular flexibility index (Phi) is 4.99. The van der Waals surface area contributed by atoms with Crippen molar-refractivity contribution in [2.75, 3.05) is 11.9 Å². The van der Waals surface area contributed by atoms with Gasteiger partial charge in [-0.15, -0.1) is 10.2 Å². The molecule has 0 bridgehead atoms. The second-order valence-electron chi connectivity index (χ2n) is 5.94. The van der Waals surface area contributed by atoms with Gasteiger partial charge in [0.05, 0.1) is 17.6 Å². The lowest BCUT2D eigenvalue weighted by molar-refractivity contribution is 0.748. The third-order valence-electron chi connectivity index (χ3n) is 4.10. The maximum absolute atomic E-state index is 4.86. The van der Waals surface area contributed by atoms with Crippen molar-refractivity contribution in [3.63, 3.8) is 0 Å². The quantitative estimate of drug-likeness (QED) is 0.483. The Labute approximate surface area is 164 Å². The van der Waals surface area contributed by atoms with E-state index in [-0.39, 0.29) is 0 Å². The first-order valence-electron chi connectivity index (χ1n) is 8.48. The van der Waals surface area contributed by atoms with Crippen LogP contribution in [-0.4, -0.2) is 26.3 Å². The average Bonchev–Trinajstić information content (AvgIpc) is 3.23. The first kappa shape index (κ1) is 17.2. The van der Waals surface area contributed by atoms with E-state index in [2.05, 4.69) is 79.3 Å². The standard InChI is InChI=1S/C19H18BrN5S/c1-2-21-19-24-23-18(26-19)12-25-16-6-4-3-5-15(16)22-17(25)11-13-7-9-14(20)10-8-13/h3-10H,2,11-12H2,1H3,(H,21,24). The molecule has 0 aliphatic heterocycles. The van der Waals surface area contributed by atoms with Crippen LogP contribution in [0.5, 0.6) is 0 Å². The number of fused-ring (bicyclic) bond motifs is 1. The number of para-hydroxylation sites is 2. The van der Waals surface area contributed by atoms with Gasteiger partial charge < -0.3 is 9.88 Å². The van der Waals surface area contributed by atoms with Crippen molar-refractivity contribution >= 4 is 43.4 Å². The second-order valence-corrected chi connectivity index (χ2v) is 7.92. The highest BCUT2D eigenvalue weighted by molar-refractivity contribution is 9.10. The molecule has 1 N–H and O–H groups in total. The Balaban J connectivity index is 1.69.